The first-order valence-electron chi connectivity index (χ1n) is 8.51. The number of ether oxygens (including phenoxy) is 1. The monoisotopic (exact) mass is 407 g/mol. The van der Waals surface area contributed by atoms with Crippen LogP contribution < -0.4 is 21.3 Å². The molecule has 29 heavy (non-hydrogen) atoms. The first-order valence-corrected chi connectivity index (χ1v) is 8.51. The lowest BCUT2D eigenvalue weighted by atomic mass is 10.1. The molecule has 1 amide bonds. The number of hydrogen-bond acceptors (Lipinski definition) is 4. The minimum absolute atomic E-state index is 0.271. The third-order valence-electron chi connectivity index (χ3n) is 4.20. The number of halogens is 3. The van der Waals surface area contributed by atoms with Crippen LogP contribution in [0.3, 0.4) is 0 Å². The van der Waals surface area contributed by atoms with Crippen LogP contribution in [-0.4, -0.2) is 21.8 Å². The molecule has 1 heterocycles. The van der Waals surface area contributed by atoms with Crippen LogP contribution in [-0.2, 0) is 11.3 Å². The number of carbonyl (C=O) groups excluding carboxylic acids is 1. The SMILES string of the molecule is CC(NC(=O)Cn1c(=O)[nH]c(=O)c2ccccc21)c1ccc(OC(F)(F)F)cc1. The molecule has 0 saturated carbocycles. The maximum Gasteiger partial charge on any atom is 0.573 e. The summed E-state index contributed by atoms with van der Waals surface area (Å²) in [5.41, 5.74) is -0.397. The fourth-order valence-corrected chi connectivity index (χ4v) is 2.87. The Balaban J connectivity index is 1.74. The van der Waals surface area contributed by atoms with Crippen LogP contribution in [0.1, 0.15) is 18.5 Å². The summed E-state index contributed by atoms with van der Waals surface area (Å²) in [5, 5.41) is 2.94. The van der Waals surface area contributed by atoms with Crippen LogP contribution in [0.4, 0.5) is 13.2 Å². The number of para-hydroxylation sites is 1. The summed E-state index contributed by atoms with van der Waals surface area (Å²) in [6.45, 7) is 1.31. The van der Waals surface area contributed by atoms with Gasteiger partial charge in [0.1, 0.15) is 12.3 Å². The first kappa shape index (κ1) is 20.2. The molecule has 152 valence electrons. The number of H-pyrrole nitrogens is 1. The number of fused-ring (bicyclic) bond motifs is 1. The van der Waals surface area contributed by atoms with E-state index in [9.17, 15) is 27.6 Å². The zero-order chi connectivity index (χ0) is 21.2. The number of benzene rings is 2. The maximum absolute atomic E-state index is 12.4. The third kappa shape index (κ3) is 4.84. The topological polar surface area (TPSA) is 93.2 Å². The summed E-state index contributed by atoms with van der Waals surface area (Å²) < 4.78 is 41.6. The van der Waals surface area contributed by atoms with Gasteiger partial charge in [0.15, 0.2) is 0 Å². The molecule has 1 unspecified atom stereocenters. The van der Waals surface area contributed by atoms with Crippen LogP contribution in [0, 0.1) is 0 Å². The molecule has 0 aliphatic heterocycles. The Morgan fingerprint density at radius 2 is 1.79 bits per heavy atom. The smallest absolute Gasteiger partial charge is 0.406 e. The van der Waals surface area contributed by atoms with Gasteiger partial charge in [0.05, 0.1) is 16.9 Å². The van der Waals surface area contributed by atoms with E-state index in [1.54, 1.807) is 25.1 Å². The molecule has 0 radical (unpaired) electrons. The van der Waals surface area contributed by atoms with Gasteiger partial charge in [-0.15, -0.1) is 13.2 Å². The molecular weight excluding hydrogens is 391 g/mol. The maximum atomic E-state index is 12.4. The zero-order valence-corrected chi connectivity index (χ0v) is 15.1. The summed E-state index contributed by atoms with van der Waals surface area (Å²) in [7, 11) is 0. The van der Waals surface area contributed by atoms with E-state index >= 15 is 0 Å². The number of carbonyl (C=O) groups is 1. The summed E-state index contributed by atoms with van der Waals surface area (Å²) in [6, 6.07) is 10.9. The number of aromatic amines is 1. The van der Waals surface area contributed by atoms with Crippen molar-refractivity contribution < 1.29 is 22.7 Å². The highest BCUT2D eigenvalue weighted by molar-refractivity contribution is 5.81. The number of nitrogens with zero attached hydrogens (tertiary/aromatic N) is 1. The van der Waals surface area contributed by atoms with Gasteiger partial charge in [-0.3, -0.25) is 19.1 Å². The van der Waals surface area contributed by atoms with E-state index in [0.717, 1.165) is 16.7 Å². The van der Waals surface area contributed by atoms with E-state index in [0.29, 0.717) is 11.1 Å². The van der Waals surface area contributed by atoms with Gasteiger partial charge in [0.2, 0.25) is 5.91 Å². The summed E-state index contributed by atoms with van der Waals surface area (Å²) in [4.78, 5) is 38.5. The second-order valence-corrected chi connectivity index (χ2v) is 6.27. The number of rotatable bonds is 5. The minimum atomic E-state index is -4.78. The van der Waals surface area contributed by atoms with Crippen LogP contribution in [0.2, 0.25) is 0 Å². The molecule has 2 N–H and O–H groups in total. The van der Waals surface area contributed by atoms with Gasteiger partial charge in [-0.05, 0) is 36.8 Å². The predicted octanol–water partition coefficient (Wildman–Crippen LogP) is 2.47. The molecule has 3 rings (SSSR count). The predicted molar refractivity (Wildman–Crippen MR) is 98.5 cm³/mol. The Hall–Kier alpha value is -3.56. The number of nitrogens with one attached hydrogen (secondary N) is 2. The van der Waals surface area contributed by atoms with Gasteiger partial charge in [-0.2, -0.15) is 0 Å². The quantitative estimate of drug-likeness (QED) is 0.680. The summed E-state index contributed by atoms with van der Waals surface area (Å²) in [6.07, 6.45) is -4.78. The molecule has 2 aromatic carbocycles. The molecular formula is C19H16F3N3O4. The van der Waals surface area contributed by atoms with E-state index in [1.165, 1.54) is 18.2 Å². The van der Waals surface area contributed by atoms with Gasteiger partial charge < -0.3 is 10.1 Å². The Kier molecular flexibility index (Phi) is 5.44. The molecule has 7 nitrogen and oxygen atoms in total. The first-order chi connectivity index (χ1) is 13.6. The molecule has 1 atom stereocenters. The molecule has 0 saturated heterocycles. The Morgan fingerprint density at radius 1 is 1.14 bits per heavy atom. The number of alkyl halides is 3. The molecule has 0 bridgehead atoms. The van der Waals surface area contributed by atoms with Gasteiger partial charge in [0.25, 0.3) is 5.56 Å². The standard InChI is InChI=1S/C19H16F3N3O4/c1-11(12-6-8-13(9-7-12)29-19(20,21)22)23-16(26)10-25-15-5-3-2-4-14(15)17(27)24-18(25)28/h2-9,11H,10H2,1H3,(H,23,26)(H,24,27,28). The van der Waals surface area contributed by atoms with E-state index < -0.39 is 29.6 Å². The Morgan fingerprint density at radius 3 is 2.45 bits per heavy atom. The van der Waals surface area contributed by atoms with Crippen molar-refractivity contribution in [2.75, 3.05) is 0 Å². The zero-order valence-electron chi connectivity index (χ0n) is 15.1. The van der Waals surface area contributed by atoms with Crippen molar-refractivity contribution in [2.45, 2.75) is 25.9 Å². The second-order valence-electron chi connectivity index (χ2n) is 6.27. The van der Waals surface area contributed by atoms with Gasteiger partial charge in [-0.25, -0.2) is 4.79 Å². The van der Waals surface area contributed by atoms with Gasteiger partial charge >= 0.3 is 12.1 Å². The summed E-state index contributed by atoms with van der Waals surface area (Å²) in [5.74, 6) is -0.876. The van der Waals surface area contributed by atoms with E-state index in [-0.39, 0.29) is 17.7 Å². The molecule has 1 aromatic heterocycles. The second kappa shape index (κ2) is 7.82. The van der Waals surface area contributed by atoms with E-state index in [2.05, 4.69) is 15.0 Å². The van der Waals surface area contributed by atoms with Crippen LogP contribution >= 0.6 is 0 Å². The van der Waals surface area contributed by atoms with Crippen LogP contribution in [0.5, 0.6) is 5.75 Å². The van der Waals surface area contributed by atoms with E-state index in [1.807, 2.05) is 0 Å². The summed E-state index contributed by atoms with van der Waals surface area (Å²) >= 11 is 0. The van der Waals surface area contributed by atoms with Crippen molar-refractivity contribution in [2.24, 2.45) is 0 Å². The normalized spacial score (nSPS) is 12.6. The van der Waals surface area contributed by atoms with E-state index in [4.69, 9.17) is 0 Å². The number of hydrogen-bond donors (Lipinski definition) is 2. The number of amides is 1. The lowest BCUT2D eigenvalue weighted by Crippen LogP contribution is -2.37. The van der Waals surface area contributed by atoms with Crippen molar-refractivity contribution in [3.05, 3.63) is 74.9 Å². The molecule has 0 fully saturated rings. The highest BCUT2D eigenvalue weighted by atomic mass is 19.4. The Labute approximate surface area is 161 Å². The minimum Gasteiger partial charge on any atom is -0.406 e. The third-order valence-corrected chi connectivity index (χ3v) is 4.20. The van der Waals surface area contributed by atoms with Gasteiger partial charge in [0, 0.05) is 0 Å². The average molecular weight is 407 g/mol. The molecule has 3 aromatic rings. The molecule has 0 aliphatic carbocycles. The Bertz CT molecular complexity index is 1150. The van der Waals surface area contributed by atoms with Gasteiger partial charge in [-0.1, -0.05) is 24.3 Å². The fraction of sp³-hybridized carbons (Fsp3) is 0.211. The lowest BCUT2D eigenvalue weighted by Gasteiger charge is -2.16. The molecule has 10 heteroatoms. The van der Waals surface area contributed by atoms with Crippen molar-refractivity contribution in [3.63, 3.8) is 0 Å². The number of aromatic nitrogens is 2. The molecule has 0 spiro atoms. The fourth-order valence-electron chi connectivity index (χ4n) is 2.87. The average Bonchev–Trinajstić information content (AvgIpc) is 2.64. The largest absolute Gasteiger partial charge is 0.573 e. The van der Waals surface area contributed by atoms with Crippen LogP contribution in [0.15, 0.2) is 58.1 Å². The molecule has 0 aliphatic rings. The van der Waals surface area contributed by atoms with Crippen molar-refractivity contribution >= 4 is 16.8 Å². The lowest BCUT2D eigenvalue weighted by molar-refractivity contribution is -0.274. The van der Waals surface area contributed by atoms with Crippen LogP contribution in [0.25, 0.3) is 10.9 Å². The van der Waals surface area contributed by atoms with Crippen molar-refractivity contribution in [1.82, 2.24) is 14.9 Å². The van der Waals surface area contributed by atoms with Crippen molar-refractivity contribution in [3.8, 4) is 5.75 Å². The highest BCUT2D eigenvalue weighted by Crippen LogP contribution is 2.24. The highest BCUT2D eigenvalue weighted by Gasteiger charge is 2.31. The van der Waals surface area contributed by atoms with Crippen molar-refractivity contribution in [1.29, 1.82) is 0 Å².